The zero-order valence-corrected chi connectivity index (χ0v) is 34.4. The maximum Gasteiger partial charge on any atom is 0.169 e. The van der Waals surface area contributed by atoms with E-state index in [2.05, 4.69) is 21.4 Å². The number of nitrogens with one attached hydrogen (secondary N) is 2. The lowest BCUT2D eigenvalue weighted by Gasteiger charge is -2.05. The number of hydrogen-bond donors (Lipinski definition) is 6. The molecule has 0 saturated carbocycles. The highest BCUT2D eigenvalue weighted by Crippen LogP contribution is 2.12. The van der Waals surface area contributed by atoms with E-state index in [4.69, 9.17) is 22.9 Å². The van der Waals surface area contributed by atoms with Crippen LogP contribution in [0.4, 0.5) is 34.1 Å². The topological polar surface area (TPSA) is 479 Å². The van der Waals surface area contributed by atoms with Crippen LogP contribution in [0.15, 0.2) is 166 Å². The Morgan fingerprint density at radius 1 is 0.333 bits per heavy atom. The molecule has 0 fully saturated rings. The Morgan fingerprint density at radius 3 is 0.650 bits per heavy atom. The Morgan fingerprint density at radius 2 is 0.500 bits per heavy atom. The Balaban J connectivity index is 0. The number of nitrogen functional groups attached to an aromatic ring is 4. The predicted molar refractivity (Wildman–Crippen MR) is 214 cm³/mol. The molecule has 0 unspecified atom stereocenters. The largest absolute Gasteiger partial charge is 0.744 e. The minimum atomic E-state index is -4.33. The fourth-order valence-electron chi connectivity index (χ4n) is 3.38. The SMILES string of the molecule is Nc1cc[nH+]cc1.Nc1cc[nH+]cc1.Nc1ccc(S(=O)(=O)[O-])cc1.Nc1ccc(S(=O)(=O)[O-])cc1.O.O.[NH3+]c1ccc(S(=O)(=O)[O-])cc1.[NH3+]c1ccc(S(=O)(=O)[O-])cc1. The highest BCUT2D eigenvalue weighted by molar-refractivity contribution is 7.86. The predicted octanol–water partition coefficient (Wildman–Crippen LogP) is -2.21. The van der Waals surface area contributed by atoms with Crippen LogP contribution in [0.25, 0.3) is 0 Å². The molecule has 26 heteroatoms. The molecule has 6 aromatic rings. The summed E-state index contributed by atoms with van der Waals surface area (Å²) in [6.45, 7) is 0. The number of hydrogen-bond acceptors (Lipinski definition) is 16. The van der Waals surface area contributed by atoms with Crippen molar-refractivity contribution in [1.29, 1.82) is 0 Å². The van der Waals surface area contributed by atoms with Crippen molar-refractivity contribution in [2.45, 2.75) is 19.6 Å². The van der Waals surface area contributed by atoms with Gasteiger partial charge in [-0.2, -0.15) is 0 Å². The number of pyridine rings is 2. The van der Waals surface area contributed by atoms with Crippen LogP contribution in [0.5, 0.6) is 0 Å². The Bertz CT molecular complexity index is 2250. The number of aromatic amines is 2. The Kier molecular flexibility index (Phi) is 24.3. The molecule has 0 saturated heterocycles. The lowest BCUT2D eigenvalue weighted by Crippen LogP contribution is -2.39. The molecular formula is C34H44N8O14S4. The maximum absolute atomic E-state index is 10.4. The molecule has 4 aromatic carbocycles. The van der Waals surface area contributed by atoms with Crippen LogP contribution in [-0.4, -0.2) is 62.8 Å². The van der Waals surface area contributed by atoms with Crippen LogP contribution in [0.3, 0.4) is 0 Å². The minimum Gasteiger partial charge on any atom is -0.744 e. The maximum atomic E-state index is 10.4. The van der Waals surface area contributed by atoms with Crippen molar-refractivity contribution in [3.63, 3.8) is 0 Å². The van der Waals surface area contributed by atoms with Gasteiger partial charge < -0.3 is 63.6 Å². The zero-order chi connectivity index (χ0) is 44.2. The van der Waals surface area contributed by atoms with E-state index in [1.165, 1.54) is 97.1 Å². The van der Waals surface area contributed by atoms with Gasteiger partial charge in [0.1, 0.15) is 51.8 Å². The second-order valence-electron chi connectivity index (χ2n) is 10.9. The zero-order valence-electron chi connectivity index (χ0n) is 31.1. The molecule has 22 nitrogen and oxygen atoms in total. The van der Waals surface area contributed by atoms with Crippen molar-refractivity contribution < 1.29 is 84.3 Å². The van der Waals surface area contributed by atoms with Gasteiger partial charge in [-0.3, -0.25) is 0 Å². The molecule has 0 amide bonds. The van der Waals surface area contributed by atoms with Gasteiger partial charge in [-0.05, 0) is 72.8 Å². The van der Waals surface area contributed by atoms with E-state index < -0.39 is 40.5 Å². The first-order chi connectivity index (χ1) is 26.8. The van der Waals surface area contributed by atoms with Gasteiger partial charge in [-0.1, -0.05) is 0 Å². The number of quaternary nitrogens is 2. The van der Waals surface area contributed by atoms with E-state index in [-0.39, 0.29) is 30.5 Å². The van der Waals surface area contributed by atoms with Gasteiger partial charge in [0.2, 0.25) is 0 Å². The number of anilines is 4. The van der Waals surface area contributed by atoms with Crippen molar-refractivity contribution in [2.24, 2.45) is 0 Å². The van der Waals surface area contributed by atoms with Gasteiger partial charge in [0.25, 0.3) is 0 Å². The van der Waals surface area contributed by atoms with E-state index >= 15 is 0 Å². The Labute approximate surface area is 346 Å². The van der Waals surface area contributed by atoms with E-state index in [0.717, 1.165) is 11.4 Å². The monoisotopic (exact) mass is 916 g/mol. The smallest absolute Gasteiger partial charge is 0.169 e. The molecule has 0 aliphatic carbocycles. The van der Waals surface area contributed by atoms with Crippen molar-refractivity contribution in [3.8, 4) is 0 Å². The summed E-state index contributed by atoms with van der Waals surface area (Å²) >= 11 is 0. The van der Waals surface area contributed by atoms with Crippen LogP contribution < -0.4 is 44.4 Å². The molecule has 0 aliphatic heterocycles. The normalized spacial score (nSPS) is 10.4. The minimum absolute atomic E-state index is 0. The average Bonchev–Trinajstić information content (AvgIpc) is 3.13. The molecule has 2 aromatic heterocycles. The number of H-pyrrole nitrogens is 2. The van der Waals surface area contributed by atoms with Crippen LogP contribution in [0.2, 0.25) is 0 Å². The van der Waals surface area contributed by atoms with Gasteiger partial charge in [0, 0.05) is 71.3 Å². The van der Waals surface area contributed by atoms with Crippen LogP contribution in [0, 0.1) is 0 Å². The van der Waals surface area contributed by atoms with Crippen molar-refractivity contribution in [1.82, 2.24) is 0 Å². The summed E-state index contributed by atoms with van der Waals surface area (Å²) in [6.07, 6.45) is 7.15. The second kappa shape index (κ2) is 26.1. The van der Waals surface area contributed by atoms with Gasteiger partial charge in [0.05, 0.1) is 19.6 Å². The first-order valence-corrected chi connectivity index (χ1v) is 21.2. The summed E-state index contributed by atoms with van der Waals surface area (Å²) < 4.78 is 124. The first kappa shape index (κ1) is 56.0. The van der Waals surface area contributed by atoms with E-state index in [1.54, 1.807) is 49.1 Å². The summed E-state index contributed by atoms with van der Waals surface area (Å²) in [5.41, 5.74) is 32.1. The summed E-state index contributed by atoms with van der Waals surface area (Å²) in [5.74, 6) is 0. The summed E-state index contributed by atoms with van der Waals surface area (Å²) in [7, 11) is -17.2. The lowest BCUT2D eigenvalue weighted by atomic mass is 10.3. The lowest BCUT2D eigenvalue weighted by molar-refractivity contribution is -0.378. The van der Waals surface area contributed by atoms with Gasteiger partial charge >= 0.3 is 0 Å². The van der Waals surface area contributed by atoms with E-state index in [0.29, 0.717) is 22.7 Å². The molecule has 2 heterocycles. The second-order valence-corrected chi connectivity index (χ2v) is 16.4. The van der Waals surface area contributed by atoms with Crippen LogP contribution >= 0.6 is 0 Å². The first-order valence-electron chi connectivity index (χ1n) is 15.6. The fraction of sp³-hybridized carbons (Fsp3) is 0. The molecule has 0 atom stereocenters. The highest BCUT2D eigenvalue weighted by Gasteiger charge is 2.01. The molecular weight excluding hydrogens is 873 g/mol. The molecule has 0 bridgehead atoms. The summed E-state index contributed by atoms with van der Waals surface area (Å²) in [4.78, 5) is 4.76. The third-order valence-electron chi connectivity index (χ3n) is 6.25. The summed E-state index contributed by atoms with van der Waals surface area (Å²) in [6, 6.07) is 28.3. The molecule has 0 radical (unpaired) electrons. The number of aromatic nitrogens is 2. The van der Waals surface area contributed by atoms with Gasteiger partial charge in [-0.15, -0.1) is 0 Å². The van der Waals surface area contributed by atoms with Crippen molar-refractivity contribution in [2.75, 3.05) is 22.9 Å². The summed E-state index contributed by atoms with van der Waals surface area (Å²) in [5, 5.41) is 0. The van der Waals surface area contributed by atoms with Gasteiger partial charge in [-0.25, -0.2) is 43.6 Å². The van der Waals surface area contributed by atoms with Crippen molar-refractivity contribution in [3.05, 3.63) is 146 Å². The molecule has 0 aliphatic rings. The molecule has 20 N–H and O–H groups in total. The standard InChI is InChI=1S/4C6H7NO3S.2C5H6N2.2H2O/c4*7-5-1-3-6(4-2-5)11(8,9)10;2*6-5-1-3-7-4-2-5;;/h4*1-4H,7H2,(H,8,9,10);2*1-4H,(H2,6,7);2*1H2. The van der Waals surface area contributed by atoms with Crippen LogP contribution in [-0.2, 0) is 40.5 Å². The third kappa shape index (κ3) is 24.6. The quantitative estimate of drug-likeness (QED) is 0.0806. The highest BCUT2D eigenvalue weighted by atomic mass is 32.2. The molecule has 0 spiro atoms. The third-order valence-corrected chi connectivity index (χ3v) is 9.65. The average molecular weight is 917 g/mol. The van der Waals surface area contributed by atoms with E-state index in [1.807, 2.05) is 0 Å². The molecule has 6 rings (SSSR count). The Hall–Kier alpha value is -6.14. The van der Waals surface area contributed by atoms with Gasteiger partial charge in [0.15, 0.2) is 24.8 Å². The number of nitrogens with two attached hydrogens (primary N) is 4. The van der Waals surface area contributed by atoms with Crippen LogP contribution in [0.1, 0.15) is 0 Å². The molecule has 60 heavy (non-hydrogen) atoms. The number of benzene rings is 4. The van der Waals surface area contributed by atoms with E-state index in [9.17, 15) is 51.9 Å². The molecule has 328 valence electrons. The van der Waals surface area contributed by atoms with Crippen molar-refractivity contribution >= 4 is 74.6 Å². The number of rotatable bonds is 4. The fourth-order valence-corrected chi connectivity index (χ4v) is 5.26.